The van der Waals surface area contributed by atoms with Gasteiger partial charge in [-0.25, -0.2) is 0 Å². The number of nitrogens with two attached hydrogens (primary N) is 1. The number of aryl methyl sites for hydroxylation is 2. The SMILES string of the molecule is Cc1nn(C)c(CS(=O)c2ccc(N)cc2Cl)c1Cl. The Balaban J connectivity index is 2.31. The van der Waals surface area contributed by atoms with Crippen molar-refractivity contribution in [2.75, 3.05) is 5.73 Å². The molecule has 2 N–H and O–H groups in total. The van der Waals surface area contributed by atoms with Crippen LogP contribution in [0.3, 0.4) is 0 Å². The van der Waals surface area contributed by atoms with Crippen molar-refractivity contribution in [1.29, 1.82) is 0 Å². The largest absolute Gasteiger partial charge is 0.399 e. The summed E-state index contributed by atoms with van der Waals surface area (Å²) < 4.78 is 14.0. The smallest absolute Gasteiger partial charge is 0.0856 e. The maximum atomic E-state index is 12.3. The Labute approximate surface area is 124 Å². The number of anilines is 1. The van der Waals surface area contributed by atoms with Crippen LogP contribution in [0.5, 0.6) is 0 Å². The van der Waals surface area contributed by atoms with Crippen molar-refractivity contribution in [3.8, 4) is 0 Å². The van der Waals surface area contributed by atoms with E-state index in [2.05, 4.69) is 5.10 Å². The van der Waals surface area contributed by atoms with Gasteiger partial charge in [-0.2, -0.15) is 5.10 Å². The highest BCUT2D eigenvalue weighted by molar-refractivity contribution is 7.84. The fourth-order valence-corrected chi connectivity index (χ4v) is 3.73. The van der Waals surface area contributed by atoms with Gasteiger partial charge in [-0.3, -0.25) is 8.89 Å². The minimum Gasteiger partial charge on any atom is -0.399 e. The Bertz CT molecular complexity index is 655. The van der Waals surface area contributed by atoms with E-state index in [0.29, 0.717) is 20.6 Å². The van der Waals surface area contributed by atoms with Crippen molar-refractivity contribution in [2.45, 2.75) is 17.6 Å². The third kappa shape index (κ3) is 2.94. The first-order valence-corrected chi connectivity index (χ1v) is 7.59. The summed E-state index contributed by atoms with van der Waals surface area (Å²) in [5.74, 6) is 0.264. The minimum atomic E-state index is -1.29. The maximum absolute atomic E-state index is 12.3. The number of nitrogen functional groups attached to an aromatic ring is 1. The van der Waals surface area contributed by atoms with E-state index < -0.39 is 10.8 Å². The Morgan fingerprint density at radius 3 is 2.63 bits per heavy atom. The van der Waals surface area contributed by atoms with E-state index in [1.54, 1.807) is 29.9 Å². The van der Waals surface area contributed by atoms with Crippen molar-refractivity contribution in [3.05, 3.63) is 39.6 Å². The lowest BCUT2D eigenvalue weighted by Gasteiger charge is -2.06. The molecule has 0 amide bonds. The van der Waals surface area contributed by atoms with Crippen molar-refractivity contribution in [3.63, 3.8) is 0 Å². The molecule has 4 nitrogen and oxygen atoms in total. The van der Waals surface area contributed by atoms with Gasteiger partial charge in [-0.05, 0) is 25.1 Å². The molecule has 0 saturated carbocycles. The molecule has 2 aromatic rings. The molecular weight excluding hydrogens is 305 g/mol. The third-order valence-electron chi connectivity index (χ3n) is 2.73. The van der Waals surface area contributed by atoms with Gasteiger partial charge in [-0.15, -0.1) is 0 Å². The van der Waals surface area contributed by atoms with Crippen molar-refractivity contribution < 1.29 is 4.21 Å². The van der Waals surface area contributed by atoms with Crippen LogP contribution in [-0.4, -0.2) is 14.0 Å². The second-order valence-corrected chi connectivity index (χ2v) is 6.35. The average molecular weight is 318 g/mol. The van der Waals surface area contributed by atoms with Crippen LogP contribution in [0.4, 0.5) is 5.69 Å². The molecule has 0 saturated heterocycles. The van der Waals surface area contributed by atoms with Crippen molar-refractivity contribution >= 4 is 39.7 Å². The normalized spacial score (nSPS) is 12.6. The van der Waals surface area contributed by atoms with Gasteiger partial charge in [0, 0.05) is 12.7 Å². The molecular formula is C12H13Cl2N3OS. The van der Waals surface area contributed by atoms with Gasteiger partial charge in [-0.1, -0.05) is 23.2 Å². The van der Waals surface area contributed by atoms with E-state index in [-0.39, 0.29) is 5.75 Å². The molecule has 1 aromatic heterocycles. The Morgan fingerprint density at radius 2 is 2.11 bits per heavy atom. The zero-order valence-corrected chi connectivity index (χ0v) is 12.8. The highest BCUT2D eigenvalue weighted by Crippen LogP contribution is 2.27. The van der Waals surface area contributed by atoms with Crippen molar-refractivity contribution in [1.82, 2.24) is 9.78 Å². The summed E-state index contributed by atoms with van der Waals surface area (Å²) in [6.07, 6.45) is 0. The molecule has 0 aliphatic heterocycles. The van der Waals surface area contributed by atoms with Gasteiger partial charge in [0.1, 0.15) is 0 Å². The van der Waals surface area contributed by atoms with E-state index >= 15 is 0 Å². The van der Waals surface area contributed by atoms with Gasteiger partial charge >= 0.3 is 0 Å². The zero-order chi connectivity index (χ0) is 14.2. The fraction of sp³-hybridized carbons (Fsp3) is 0.250. The number of hydrogen-bond acceptors (Lipinski definition) is 3. The Kier molecular flexibility index (Phi) is 4.18. The molecule has 0 bridgehead atoms. The second kappa shape index (κ2) is 5.53. The number of benzene rings is 1. The second-order valence-electron chi connectivity index (χ2n) is 4.15. The number of nitrogens with zero attached hydrogens (tertiary/aromatic N) is 2. The highest BCUT2D eigenvalue weighted by atomic mass is 35.5. The monoisotopic (exact) mass is 317 g/mol. The van der Waals surface area contributed by atoms with Crippen LogP contribution in [0.2, 0.25) is 10.0 Å². The molecule has 0 aliphatic rings. The summed E-state index contributed by atoms with van der Waals surface area (Å²) in [6, 6.07) is 4.94. The van der Waals surface area contributed by atoms with Crippen LogP contribution in [-0.2, 0) is 23.6 Å². The van der Waals surface area contributed by atoms with E-state index in [0.717, 1.165) is 11.4 Å². The number of rotatable bonds is 3. The Hall–Kier alpha value is -1.04. The lowest BCUT2D eigenvalue weighted by atomic mass is 10.3. The van der Waals surface area contributed by atoms with Gasteiger partial charge < -0.3 is 5.73 Å². The third-order valence-corrected chi connectivity index (χ3v) is 5.03. The van der Waals surface area contributed by atoms with E-state index in [1.165, 1.54) is 0 Å². The first kappa shape index (κ1) is 14.4. The molecule has 1 unspecified atom stereocenters. The van der Waals surface area contributed by atoms with Crippen LogP contribution in [0.25, 0.3) is 0 Å². The van der Waals surface area contributed by atoms with Crippen LogP contribution in [0.1, 0.15) is 11.4 Å². The maximum Gasteiger partial charge on any atom is 0.0856 e. The molecule has 0 spiro atoms. The summed E-state index contributed by atoms with van der Waals surface area (Å²) in [7, 11) is 0.480. The first-order chi connectivity index (χ1) is 8.90. The van der Waals surface area contributed by atoms with E-state index in [4.69, 9.17) is 28.9 Å². The molecule has 1 atom stereocenters. The highest BCUT2D eigenvalue weighted by Gasteiger charge is 2.16. The van der Waals surface area contributed by atoms with Gasteiger partial charge in [0.25, 0.3) is 0 Å². The number of halogens is 2. The van der Waals surface area contributed by atoms with Crippen LogP contribution in [0.15, 0.2) is 23.1 Å². The molecule has 19 heavy (non-hydrogen) atoms. The molecule has 1 heterocycles. The summed E-state index contributed by atoms with van der Waals surface area (Å²) in [5.41, 5.74) is 7.60. The van der Waals surface area contributed by atoms with Crippen molar-refractivity contribution in [2.24, 2.45) is 7.05 Å². The predicted octanol–water partition coefficient (Wildman–Crippen LogP) is 2.93. The van der Waals surface area contributed by atoms with Crippen LogP contribution >= 0.6 is 23.2 Å². The summed E-state index contributed by atoms with van der Waals surface area (Å²) in [5, 5.41) is 5.13. The topological polar surface area (TPSA) is 60.9 Å². The van der Waals surface area contributed by atoms with Crippen LogP contribution in [0, 0.1) is 6.92 Å². The lowest BCUT2D eigenvalue weighted by molar-refractivity contribution is 0.676. The predicted molar refractivity (Wildman–Crippen MR) is 78.9 cm³/mol. The molecule has 7 heteroatoms. The first-order valence-electron chi connectivity index (χ1n) is 5.51. The lowest BCUT2D eigenvalue weighted by Crippen LogP contribution is -2.04. The zero-order valence-electron chi connectivity index (χ0n) is 10.5. The molecule has 102 valence electrons. The molecule has 0 radical (unpaired) electrons. The number of hydrogen-bond donors (Lipinski definition) is 1. The Morgan fingerprint density at radius 1 is 1.42 bits per heavy atom. The van der Waals surface area contributed by atoms with Crippen LogP contribution < -0.4 is 5.73 Å². The summed E-state index contributed by atoms with van der Waals surface area (Å²) in [4.78, 5) is 0.547. The molecule has 0 aliphatic carbocycles. The average Bonchev–Trinajstić information content (AvgIpc) is 2.56. The quantitative estimate of drug-likeness (QED) is 0.885. The molecule has 1 aromatic carbocycles. The number of aromatic nitrogens is 2. The standard InChI is InChI=1S/C12H13Cl2N3OS/c1-7-12(14)10(17(2)16-7)6-19(18)11-4-3-8(15)5-9(11)13/h3-5H,6,15H2,1-2H3. The fourth-order valence-electron chi connectivity index (χ4n) is 1.74. The van der Waals surface area contributed by atoms with Gasteiger partial charge in [0.05, 0.1) is 42.9 Å². The molecule has 0 fully saturated rings. The molecule has 2 rings (SSSR count). The van der Waals surface area contributed by atoms with Gasteiger partial charge in [0.2, 0.25) is 0 Å². The van der Waals surface area contributed by atoms with Gasteiger partial charge in [0.15, 0.2) is 0 Å². The summed E-state index contributed by atoms with van der Waals surface area (Å²) >= 11 is 12.2. The van der Waals surface area contributed by atoms with E-state index in [9.17, 15) is 4.21 Å². The minimum absolute atomic E-state index is 0.264. The summed E-state index contributed by atoms with van der Waals surface area (Å²) in [6.45, 7) is 1.81. The van der Waals surface area contributed by atoms with E-state index in [1.807, 2.05) is 6.92 Å².